The SMILES string of the molecule is COc1cc(-c2cc(C)c3c(n2)CN(c2ccc(CO)nc2)C3=O)cnc1OC. The van der Waals surface area contributed by atoms with Gasteiger partial charge in [0.2, 0.25) is 0 Å². The summed E-state index contributed by atoms with van der Waals surface area (Å²) in [7, 11) is 3.09. The zero-order valence-electron chi connectivity index (χ0n) is 16.3. The second kappa shape index (κ2) is 7.48. The maximum atomic E-state index is 13.0. The molecule has 0 aliphatic carbocycles. The topological polar surface area (TPSA) is 97.7 Å². The molecule has 0 bridgehead atoms. The van der Waals surface area contributed by atoms with Crippen LogP contribution in [0, 0.1) is 6.92 Å². The number of fused-ring (bicyclic) bond motifs is 1. The third kappa shape index (κ3) is 3.27. The zero-order valence-corrected chi connectivity index (χ0v) is 16.3. The molecule has 8 nitrogen and oxygen atoms in total. The minimum absolute atomic E-state index is 0.111. The molecule has 1 aliphatic heterocycles. The fraction of sp³-hybridized carbons (Fsp3) is 0.238. The normalized spacial score (nSPS) is 12.8. The molecular weight excluding hydrogens is 372 g/mol. The third-order valence-electron chi connectivity index (χ3n) is 4.87. The van der Waals surface area contributed by atoms with Crippen molar-refractivity contribution in [1.29, 1.82) is 0 Å². The average molecular weight is 392 g/mol. The molecule has 0 atom stereocenters. The van der Waals surface area contributed by atoms with Crippen molar-refractivity contribution in [3.8, 4) is 22.9 Å². The number of carbonyl (C=O) groups is 1. The van der Waals surface area contributed by atoms with Crippen LogP contribution < -0.4 is 14.4 Å². The number of methoxy groups -OCH3 is 2. The number of hydrogen-bond acceptors (Lipinski definition) is 7. The zero-order chi connectivity index (χ0) is 20.5. The molecular formula is C21H20N4O4. The van der Waals surface area contributed by atoms with Gasteiger partial charge < -0.3 is 19.5 Å². The summed E-state index contributed by atoms with van der Waals surface area (Å²) in [4.78, 5) is 27.7. The number of aromatic nitrogens is 3. The highest BCUT2D eigenvalue weighted by Crippen LogP contribution is 2.34. The lowest BCUT2D eigenvalue weighted by molar-refractivity contribution is 0.0996. The highest BCUT2D eigenvalue weighted by Gasteiger charge is 2.32. The Kier molecular flexibility index (Phi) is 4.85. The summed E-state index contributed by atoms with van der Waals surface area (Å²) in [5.74, 6) is 0.799. The van der Waals surface area contributed by atoms with Crippen molar-refractivity contribution in [2.75, 3.05) is 19.1 Å². The van der Waals surface area contributed by atoms with E-state index >= 15 is 0 Å². The molecule has 0 saturated carbocycles. The van der Waals surface area contributed by atoms with E-state index in [1.165, 1.54) is 7.11 Å². The molecule has 1 amide bonds. The number of amides is 1. The Labute approximate surface area is 167 Å². The predicted molar refractivity (Wildman–Crippen MR) is 106 cm³/mol. The average Bonchev–Trinajstić information content (AvgIpc) is 3.10. The van der Waals surface area contributed by atoms with Crippen LogP contribution in [0.2, 0.25) is 0 Å². The van der Waals surface area contributed by atoms with Gasteiger partial charge >= 0.3 is 0 Å². The summed E-state index contributed by atoms with van der Waals surface area (Å²) < 4.78 is 10.5. The number of aryl methyl sites for hydroxylation is 1. The van der Waals surface area contributed by atoms with Crippen molar-refractivity contribution in [2.45, 2.75) is 20.1 Å². The summed E-state index contributed by atoms with van der Waals surface area (Å²) in [5.41, 5.74) is 4.84. The van der Waals surface area contributed by atoms with E-state index in [0.717, 1.165) is 11.1 Å². The van der Waals surface area contributed by atoms with Gasteiger partial charge in [0.1, 0.15) is 0 Å². The Morgan fingerprint density at radius 1 is 1.14 bits per heavy atom. The minimum atomic E-state index is -0.141. The molecule has 0 aromatic carbocycles. The van der Waals surface area contributed by atoms with Crippen molar-refractivity contribution in [3.63, 3.8) is 0 Å². The lowest BCUT2D eigenvalue weighted by Crippen LogP contribution is -2.23. The molecule has 29 heavy (non-hydrogen) atoms. The summed E-state index contributed by atoms with van der Waals surface area (Å²) >= 11 is 0. The summed E-state index contributed by atoms with van der Waals surface area (Å²) in [6, 6.07) is 7.16. The number of aliphatic hydroxyl groups excluding tert-OH is 1. The smallest absolute Gasteiger partial charge is 0.260 e. The van der Waals surface area contributed by atoms with Gasteiger partial charge in [0, 0.05) is 11.8 Å². The molecule has 3 aromatic heterocycles. The van der Waals surface area contributed by atoms with Gasteiger partial charge in [0.05, 0.1) is 61.9 Å². The Balaban J connectivity index is 1.71. The van der Waals surface area contributed by atoms with E-state index in [4.69, 9.17) is 19.6 Å². The molecule has 148 valence electrons. The van der Waals surface area contributed by atoms with Gasteiger partial charge in [-0.15, -0.1) is 0 Å². The van der Waals surface area contributed by atoms with Crippen molar-refractivity contribution in [1.82, 2.24) is 15.0 Å². The van der Waals surface area contributed by atoms with E-state index in [1.807, 2.05) is 19.1 Å². The summed E-state index contributed by atoms with van der Waals surface area (Å²) in [6.45, 7) is 2.11. The molecule has 0 spiro atoms. The van der Waals surface area contributed by atoms with Crippen LogP contribution in [0.3, 0.4) is 0 Å². The first-order chi connectivity index (χ1) is 14.0. The van der Waals surface area contributed by atoms with Crippen molar-refractivity contribution < 1.29 is 19.4 Å². The first-order valence-corrected chi connectivity index (χ1v) is 9.02. The fourth-order valence-corrected chi connectivity index (χ4v) is 3.40. The number of ether oxygens (including phenoxy) is 2. The Bertz CT molecular complexity index is 1080. The van der Waals surface area contributed by atoms with Gasteiger partial charge in [0.25, 0.3) is 11.8 Å². The maximum Gasteiger partial charge on any atom is 0.260 e. The van der Waals surface area contributed by atoms with Gasteiger partial charge in [0.15, 0.2) is 5.75 Å². The number of carbonyl (C=O) groups excluding carboxylic acids is 1. The van der Waals surface area contributed by atoms with E-state index < -0.39 is 0 Å². The van der Waals surface area contributed by atoms with Crippen molar-refractivity contribution in [3.05, 3.63) is 59.2 Å². The predicted octanol–water partition coefficient (Wildman–Crippen LogP) is 2.52. The van der Waals surface area contributed by atoms with Crippen molar-refractivity contribution >= 4 is 11.6 Å². The van der Waals surface area contributed by atoms with Crippen LogP contribution in [-0.4, -0.2) is 40.2 Å². The lowest BCUT2D eigenvalue weighted by atomic mass is 10.0. The number of rotatable bonds is 5. The number of hydrogen-bond donors (Lipinski definition) is 1. The van der Waals surface area contributed by atoms with E-state index in [2.05, 4.69) is 9.97 Å². The minimum Gasteiger partial charge on any atom is -0.491 e. The number of aliphatic hydroxyl groups is 1. The molecule has 8 heteroatoms. The molecule has 0 fully saturated rings. The van der Waals surface area contributed by atoms with Gasteiger partial charge in [-0.25, -0.2) is 4.98 Å². The Morgan fingerprint density at radius 3 is 2.62 bits per heavy atom. The van der Waals surface area contributed by atoms with Crippen LogP contribution in [0.25, 0.3) is 11.3 Å². The highest BCUT2D eigenvalue weighted by atomic mass is 16.5. The van der Waals surface area contributed by atoms with Gasteiger partial charge in [-0.05, 0) is 36.8 Å². The molecule has 3 aromatic rings. The first kappa shape index (κ1) is 18.8. The molecule has 4 heterocycles. The Hall–Kier alpha value is -3.52. The van der Waals surface area contributed by atoms with Crippen LogP contribution in [0.4, 0.5) is 5.69 Å². The third-order valence-corrected chi connectivity index (χ3v) is 4.87. The molecule has 0 radical (unpaired) electrons. The van der Waals surface area contributed by atoms with Crippen molar-refractivity contribution in [2.24, 2.45) is 0 Å². The lowest BCUT2D eigenvalue weighted by Gasteiger charge is -2.15. The fourth-order valence-electron chi connectivity index (χ4n) is 3.40. The molecule has 1 aliphatic rings. The Morgan fingerprint density at radius 2 is 1.97 bits per heavy atom. The number of pyridine rings is 3. The molecule has 4 rings (SSSR count). The van der Waals surface area contributed by atoms with Gasteiger partial charge in [-0.2, -0.15) is 0 Å². The van der Waals surface area contributed by atoms with E-state index in [9.17, 15) is 4.79 Å². The van der Waals surface area contributed by atoms with E-state index in [1.54, 1.807) is 36.5 Å². The van der Waals surface area contributed by atoms with Gasteiger partial charge in [-0.1, -0.05) is 0 Å². The van der Waals surface area contributed by atoms with E-state index in [0.29, 0.717) is 46.5 Å². The van der Waals surface area contributed by atoms with Crippen LogP contribution in [0.1, 0.15) is 27.3 Å². The van der Waals surface area contributed by atoms with Crippen LogP contribution in [0.5, 0.6) is 11.6 Å². The second-order valence-corrected chi connectivity index (χ2v) is 6.64. The second-order valence-electron chi connectivity index (χ2n) is 6.64. The highest BCUT2D eigenvalue weighted by molar-refractivity contribution is 6.10. The largest absolute Gasteiger partial charge is 0.491 e. The first-order valence-electron chi connectivity index (χ1n) is 9.02. The molecule has 0 unspecified atom stereocenters. The summed E-state index contributed by atoms with van der Waals surface area (Å²) in [6.07, 6.45) is 3.26. The van der Waals surface area contributed by atoms with Crippen LogP contribution in [-0.2, 0) is 13.2 Å². The van der Waals surface area contributed by atoms with Crippen LogP contribution >= 0.6 is 0 Å². The van der Waals surface area contributed by atoms with Crippen LogP contribution in [0.15, 0.2) is 36.7 Å². The maximum absolute atomic E-state index is 13.0. The van der Waals surface area contributed by atoms with Gasteiger partial charge in [-0.3, -0.25) is 14.8 Å². The molecule has 1 N–H and O–H groups in total. The standard InChI is InChI=1S/C21H20N4O4/c1-12-6-16(13-7-18(28-2)20(29-3)23-8-13)24-17-10-25(21(27)19(12)17)15-5-4-14(11-26)22-9-15/h4-9,26H,10-11H2,1-3H3. The monoisotopic (exact) mass is 392 g/mol. The quantitative estimate of drug-likeness (QED) is 0.712. The molecule has 0 saturated heterocycles. The summed E-state index contributed by atoms with van der Waals surface area (Å²) in [5, 5.41) is 9.16. The number of nitrogens with zero attached hydrogens (tertiary/aromatic N) is 4. The number of anilines is 1. The van der Waals surface area contributed by atoms with E-state index in [-0.39, 0.29) is 12.5 Å².